The summed E-state index contributed by atoms with van der Waals surface area (Å²) in [6, 6.07) is 4.35. The summed E-state index contributed by atoms with van der Waals surface area (Å²) in [5, 5.41) is 15.2. The summed E-state index contributed by atoms with van der Waals surface area (Å²) in [4.78, 5) is 44.8. The van der Waals surface area contributed by atoms with Gasteiger partial charge in [0, 0.05) is 29.8 Å². The number of nitrogens with zero attached hydrogens (tertiary/aromatic N) is 2. The summed E-state index contributed by atoms with van der Waals surface area (Å²) in [6.07, 6.45) is 0.199. The Morgan fingerprint density at radius 2 is 1.90 bits per heavy atom. The van der Waals surface area contributed by atoms with Crippen molar-refractivity contribution in [3.8, 4) is 11.3 Å². The molecule has 1 aromatic heterocycles. The SMILES string of the molecule is Cc1cc(C)c2cc1C(=O)NCCC(C(=O)O)NC(=O)CCSc1cc-2nc(N)n1. The highest BCUT2D eigenvalue weighted by Crippen LogP contribution is 2.29. The van der Waals surface area contributed by atoms with Crippen molar-refractivity contribution in [2.75, 3.05) is 18.0 Å². The van der Waals surface area contributed by atoms with Crippen molar-refractivity contribution in [2.45, 2.75) is 37.8 Å². The van der Waals surface area contributed by atoms with E-state index in [1.807, 2.05) is 19.9 Å². The van der Waals surface area contributed by atoms with Crippen LogP contribution in [0.5, 0.6) is 0 Å². The van der Waals surface area contributed by atoms with Gasteiger partial charge in [0.1, 0.15) is 11.1 Å². The number of nitrogen functional groups attached to an aromatic ring is 1. The van der Waals surface area contributed by atoms with Crippen LogP contribution in [0.15, 0.2) is 23.2 Å². The van der Waals surface area contributed by atoms with Gasteiger partial charge in [0.15, 0.2) is 0 Å². The Hall–Kier alpha value is -3.14. The van der Waals surface area contributed by atoms with Crippen molar-refractivity contribution < 1.29 is 19.5 Å². The third-order valence-electron chi connectivity index (χ3n) is 4.74. The molecule has 1 unspecified atom stereocenters. The van der Waals surface area contributed by atoms with Gasteiger partial charge in [-0.3, -0.25) is 9.59 Å². The maximum atomic E-state index is 12.7. The second-order valence-corrected chi connectivity index (χ2v) is 8.15. The third kappa shape index (κ3) is 5.07. The standard InChI is InChI=1S/C20H23N5O4S/c1-10-7-11(2)13-8-12(10)15-9-17(25-20(21)24-15)30-6-4-16(26)23-14(19(28)29)3-5-22-18(13)27/h7-9,14H,3-6H2,1-2H3,(H,22,27)(H,23,26)(H,28,29)(H2,21,24,25). The fraction of sp³-hybridized carbons (Fsp3) is 0.350. The molecular formula is C20H23N5O4S. The number of benzene rings is 1. The number of anilines is 1. The van der Waals surface area contributed by atoms with Gasteiger partial charge in [0.2, 0.25) is 11.9 Å². The molecule has 0 fully saturated rings. The monoisotopic (exact) mass is 429 g/mol. The second-order valence-electron chi connectivity index (χ2n) is 7.03. The minimum absolute atomic E-state index is 0.0798. The first-order valence-corrected chi connectivity index (χ1v) is 10.4. The zero-order valence-corrected chi connectivity index (χ0v) is 17.5. The van der Waals surface area contributed by atoms with E-state index in [1.165, 1.54) is 11.8 Å². The highest BCUT2D eigenvalue weighted by atomic mass is 32.2. The first-order chi connectivity index (χ1) is 14.2. The number of aliphatic carboxylic acids is 1. The lowest BCUT2D eigenvalue weighted by Gasteiger charge is -2.17. The zero-order valence-electron chi connectivity index (χ0n) is 16.7. The number of carboxylic acid groups (broad SMARTS) is 1. The van der Waals surface area contributed by atoms with Crippen LogP contribution in [0.1, 0.15) is 34.3 Å². The van der Waals surface area contributed by atoms with Gasteiger partial charge in [-0.2, -0.15) is 0 Å². The van der Waals surface area contributed by atoms with E-state index in [0.29, 0.717) is 22.0 Å². The topological polar surface area (TPSA) is 147 Å². The molecule has 1 aliphatic rings. The lowest BCUT2D eigenvalue weighted by molar-refractivity contribution is -0.141. The molecule has 1 aliphatic heterocycles. The molecule has 1 atom stereocenters. The molecule has 158 valence electrons. The Morgan fingerprint density at radius 1 is 1.17 bits per heavy atom. The van der Waals surface area contributed by atoms with E-state index in [-0.39, 0.29) is 37.1 Å². The Morgan fingerprint density at radius 3 is 2.63 bits per heavy atom. The van der Waals surface area contributed by atoms with E-state index in [2.05, 4.69) is 20.6 Å². The maximum absolute atomic E-state index is 12.7. The smallest absolute Gasteiger partial charge is 0.326 e. The molecule has 0 aliphatic carbocycles. The number of aryl methyl sites for hydroxylation is 2. The van der Waals surface area contributed by atoms with Crippen LogP contribution in [0.2, 0.25) is 0 Å². The fourth-order valence-electron chi connectivity index (χ4n) is 3.23. The minimum Gasteiger partial charge on any atom is -0.480 e. The number of nitrogens with one attached hydrogen (secondary N) is 2. The molecule has 4 bridgehead atoms. The number of nitrogens with two attached hydrogens (primary N) is 1. The molecule has 2 aromatic rings. The summed E-state index contributed by atoms with van der Waals surface area (Å²) in [6.45, 7) is 3.87. The molecule has 0 spiro atoms. The highest BCUT2D eigenvalue weighted by Gasteiger charge is 2.21. The lowest BCUT2D eigenvalue weighted by Crippen LogP contribution is -2.43. The number of rotatable bonds is 1. The summed E-state index contributed by atoms with van der Waals surface area (Å²) >= 11 is 1.33. The number of carboxylic acids is 1. The second kappa shape index (κ2) is 9.12. The molecule has 3 rings (SSSR count). The molecule has 0 saturated heterocycles. The number of thioether (sulfide) groups is 1. The Balaban J connectivity index is 2.02. The largest absolute Gasteiger partial charge is 0.480 e. The van der Waals surface area contributed by atoms with Gasteiger partial charge in [-0.1, -0.05) is 6.07 Å². The normalized spacial score (nSPS) is 17.7. The van der Waals surface area contributed by atoms with Crippen LogP contribution in [0.25, 0.3) is 11.3 Å². The number of hydrogen-bond donors (Lipinski definition) is 4. The van der Waals surface area contributed by atoms with Crippen LogP contribution in [-0.4, -0.2) is 51.2 Å². The summed E-state index contributed by atoms with van der Waals surface area (Å²) in [5.41, 5.74) is 9.42. The van der Waals surface area contributed by atoms with E-state index in [1.54, 1.807) is 12.1 Å². The van der Waals surface area contributed by atoms with Crippen LogP contribution < -0.4 is 16.4 Å². The Labute approximate surface area is 177 Å². The highest BCUT2D eigenvalue weighted by molar-refractivity contribution is 7.99. The van der Waals surface area contributed by atoms with Crippen LogP contribution in [0.4, 0.5) is 5.95 Å². The van der Waals surface area contributed by atoms with Crippen molar-refractivity contribution in [2.24, 2.45) is 0 Å². The van der Waals surface area contributed by atoms with Crippen molar-refractivity contribution in [3.05, 3.63) is 34.9 Å². The molecule has 10 heteroatoms. The van der Waals surface area contributed by atoms with E-state index in [0.717, 1.165) is 16.7 Å². The van der Waals surface area contributed by atoms with Crippen LogP contribution in [0, 0.1) is 13.8 Å². The maximum Gasteiger partial charge on any atom is 0.326 e. The Kier molecular flexibility index (Phi) is 6.56. The Bertz CT molecular complexity index is 1010. The summed E-state index contributed by atoms with van der Waals surface area (Å²) in [7, 11) is 0. The molecule has 2 amide bonds. The fourth-order valence-corrected chi connectivity index (χ4v) is 4.07. The predicted octanol–water partition coefficient (Wildman–Crippen LogP) is 1.53. The number of fused-ring (bicyclic) bond motifs is 5. The van der Waals surface area contributed by atoms with Crippen molar-refractivity contribution in [1.82, 2.24) is 20.6 Å². The van der Waals surface area contributed by atoms with Gasteiger partial charge in [-0.05, 0) is 43.5 Å². The van der Waals surface area contributed by atoms with E-state index < -0.39 is 12.0 Å². The number of carbonyl (C=O) groups excluding carboxylic acids is 2. The average molecular weight is 430 g/mol. The third-order valence-corrected chi connectivity index (χ3v) is 5.66. The summed E-state index contributed by atoms with van der Waals surface area (Å²) < 4.78 is 0. The van der Waals surface area contributed by atoms with Crippen LogP contribution >= 0.6 is 11.8 Å². The van der Waals surface area contributed by atoms with E-state index >= 15 is 0 Å². The number of amides is 2. The quantitative estimate of drug-likeness (QED) is 0.499. The molecule has 2 heterocycles. The minimum atomic E-state index is -1.15. The molecular weight excluding hydrogens is 406 g/mol. The number of hydrogen-bond acceptors (Lipinski definition) is 7. The van der Waals surface area contributed by atoms with Gasteiger partial charge in [0.25, 0.3) is 5.91 Å². The molecule has 1 aromatic carbocycles. The molecule has 9 nitrogen and oxygen atoms in total. The summed E-state index contributed by atoms with van der Waals surface area (Å²) in [5.74, 6) is -1.35. The van der Waals surface area contributed by atoms with Crippen molar-refractivity contribution in [3.63, 3.8) is 0 Å². The first-order valence-electron chi connectivity index (χ1n) is 9.44. The average Bonchev–Trinajstić information content (AvgIpc) is 2.65. The van der Waals surface area contributed by atoms with Gasteiger partial charge < -0.3 is 21.5 Å². The first kappa shape index (κ1) is 21.6. The van der Waals surface area contributed by atoms with Gasteiger partial charge in [0.05, 0.1) is 5.69 Å². The van der Waals surface area contributed by atoms with Crippen molar-refractivity contribution in [1.29, 1.82) is 0 Å². The molecule has 0 radical (unpaired) electrons. The number of carbonyl (C=O) groups is 3. The van der Waals surface area contributed by atoms with Gasteiger partial charge >= 0.3 is 5.97 Å². The van der Waals surface area contributed by atoms with E-state index in [4.69, 9.17) is 5.73 Å². The lowest BCUT2D eigenvalue weighted by atomic mass is 9.97. The molecule has 30 heavy (non-hydrogen) atoms. The molecule has 0 saturated carbocycles. The molecule has 5 N–H and O–H groups in total. The van der Waals surface area contributed by atoms with Crippen molar-refractivity contribution >= 4 is 35.5 Å². The van der Waals surface area contributed by atoms with Gasteiger partial charge in [-0.25, -0.2) is 14.8 Å². The van der Waals surface area contributed by atoms with Gasteiger partial charge in [-0.15, -0.1) is 11.8 Å². The zero-order chi connectivity index (χ0) is 21.8. The van der Waals surface area contributed by atoms with Crippen LogP contribution in [0.3, 0.4) is 0 Å². The predicted molar refractivity (Wildman–Crippen MR) is 113 cm³/mol. The number of aromatic nitrogens is 2. The van der Waals surface area contributed by atoms with Crippen LogP contribution in [-0.2, 0) is 9.59 Å². The van der Waals surface area contributed by atoms with E-state index in [9.17, 15) is 19.5 Å².